The number of methoxy groups -OCH3 is 1. The van der Waals surface area contributed by atoms with Crippen molar-refractivity contribution in [3.63, 3.8) is 0 Å². The van der Waals surface area contributed by atoms with Gasteiger partial charge in [-0.15, -0.1) is 0 Å². The summed E-state index contributed by atoms with van der Waals surface area (Å²) < 4.78 is 32.3. The Morgan fingerprint density at radius 1 is 1.07 bits per heavy atom. The van der Waals surface area contributed by atoms with E-state index in [1.807, 2.05) is 26.0 Å². The van der Waals surface area contributed by atoms with Crippen molar-refractivity contribution in [1.29, 1.82) is 0 Å². The Hall–Kier alpha value is -2.58. The Balaban J connectivity index is 1.83. The van der Waals surface area contributed by atoms with Gasteiger partial charge in [-0.25, -0.2) is 13.1 Å². The van der Waals surface area contributed by atoms with E-state index in [9.17, 15) is 8.42 Å². The number of aliphatic imine (C=N–C) groups is 1. The van der Waals surface area contributed by atoms with Crippen LogP contribution in [0.2, 0.25) is 0 Å². The lowest BCUT2D eigenvalue weighted by molar-refractivity contribution is 0.411. The van der Waals surface area contributed by atoms with E-state index in [0.717, 1.165) is 24.3 Å². The number of benzene rings is 2. The first-order chi connectivity index (χ1) is 14.0. The standard InChI is InChI=1S/C21H30N4O3S/c1-4-22-21(23-13-12-18-11-10-17(2)20(16-18)28-3)24-14-15-25-29(26,27)19-8-6-5-7-9-19/h5-11,16,25H,4,12-15H2,1-3H3,(H2,22,23,24). The molecule has 0 aliphatic carbocycles. The molecular formula is C21H30N4O3S. The van der Waals surface area contributed by atoms with Gasteiger partial charge in [0.15, 0.2) is 5.96 Å². The smallest absolute Gasteiger partial charge is 0.240 e. The molecule has 0 saturated heterocycles. The molecule has 0 heterocycles. The minimum absolute atomic E-state index is 0.225. The van der Waals surface area contributed by atoms with Crippen LogP contribution in [0.5, 0.6) is 5.75 Å². The van der Waals surface area contributed by atoms with Gasteiger partial charge in [-0.05, 0) is 49.6 Å². The molecule has 2 aromatic carbocycles. The number of hydrogen-bond donors (Lipinski definition) is 3. The zero-order chi connectivity index (χ0) is 21.1. The number of hydrogen-bond acceptors (Lipinski definition) is 4. The number of ether oxygens (including phenoxy) is 1. The summed E-state index contributed by atoms with van der Waals surface area (Å²) in [6.07, 6.45) is 0.821. The summed E-state index contributed by atoms with van der Waals surface area (Å²) in [7, 11) is -1.83. The van der Waals surface area contributed by atoms with E-state index >= 15 is 0 Å². The van der Waals surface area contributed by atoms with Crippen LogP contribution in [0.15, 0.2) is 58.4 Å². The van der Waals surface area contributed by atoms with Crippen molar-refractivity contribution in [3.05, 3.63) is 59.7 Å². The minimum atomic E-state index is -3.51. The highest BCUT2D eigenvalue weighted by Gasteiger charge is 2.11. The van der Waals surface area contributed by atoms with Crippen molar-refractivity contribution < 1.29 is 13.2 Å². The Bertz CT molecular complexity index is 899. The fourth-order valence-electron chi connectivity index (χ4n) is 2.72. The number of aryl methyl sites for hydroxylation is 1. The normalized spacial score (nSPS) is 11.9. The Kier molecular flexibility index (Phi) is 8.95. The first-order valence-corrected chi connectivity index (χ1v) is 11.1. The molecule has 0 spiro atoms. The second-order valence-corrected chi connectivity index (χ2v) is 8.22. The topological polar surface area (TPSA) is 91.8 Å². The molecular weight excluding hydrogens is 388 g/mol. The third kappa shape index (κ3) is 7.40. The lowest BCUT2D eigenvalue weighted by Gasteiger charge is -2.12. The van der Waals surface area contributed by atoms with Crippen LogP contribution < -0.4 is 20.1 Å². The molecule has 0 bridgehead atoms. The maximum absolute atomic E-state index is 12.2. The van der Waals surface area contributed by atoms with Crippen LogP contribution >= 0.6 is 0 Å². The van der Waals surface area contributed by atoms with Crippen LogP contribution in [0, 0.1) is 6.92 Å². The van der Waals surface area contributed by atoms with Crippen molar-refractivity contribution in [1.82, 2.24) is 15.4 Å². The van der Waals surface area contributed by atoms with Crippen LogP contribution in [0.3, 0.4) is 0 Å². The molecule has 8 heteroatoms. The average molecular weight is 419 g/mol. The molecule has 0 aliphatic rings. The molecule has 0 atom stereocenters. The Morgan fingerprint density at radius 2 is 1.83 bits per heavy atom. The van der Waals surface area contributed by atoms with Crippen molar-refractivity contribution in [3.8, 4) is 5.75 Å². The lowest BCUT2D eigenvalue weighted by Crippen LogP contribution is -2.39. The third-order valence-electron chi connectivity index (χ3n) is 4.25. The summed E-state index contributed by atoms with van der Waals surface area (Å²) in [4.78, 5) is 4.68. The maximum Gasteiger partial charge on any atom is 0.240 e. The van der Waals surface area contributed by atoms with Crippen molar-refractivity contribution >= 4 is 16.0 Å². The summed E-state index contributed by atoms with van der Waals surface area (Å²) >= 11 is 0. The molecule has 158 valence electrons. The molecule has 0 amide bonds. The van der Waals surface area contributed by atoms with Gasteiger partial charge in [-0.2, -0.15) is 0 Å². The van der Waals surface area contributed by atoms with E-state index in [4.69, 9.17) is 4.74 Å². The SMILES string of the molecule is CCNC(=NCCNS(=O)(=O)c1ccccc1)NCCc1ccc(C)c(OC)c1. The highest BCUT2D eigenvalue weighted by molar-refractivity contribution is 7.89. The fraction of sp³-hybridized carbons (Fsp3) is 0.381. The summed E-state index contributed by atoms with van der Waals surface area (Å²) in [5.41, 5.74) is 2.28. The van der Waals surface area contributed by atoms with Crippen LogP contribution in [0.25, 0.3) is 0 Å². The van der Waals surface area contributed by atoms with Crippen LogP contribution in [0.4, 0.5) is 0 Å². The molecule has 0 unspecified atom stereocenters. The van der Waals surface area contributed by atoms with Gasteiger partial charge in [-0.1, -0.05) is 30.3 Å². The van der Waals surface area contributed by atoms with E-state index in [0.29, 0.717) is 19.0 Å². The first kappa shape index (κ1) is 22.7. The van der Waals surface area contributed by atoms with Crippen molar-refractivity contribution in [2.24, 2.45) is 4.99 Å². The summed E-state index contributed by atoms with van der Waals surface area (Å²) in [5, 5.41) is 6.44. The quantitative estimate of drug-likeness (QED) is 0.312. The summed E-state index contributed by atoms with van der Waals surface area (Å²) in [5.74, 6) is 1.54. The average Bonchev–Trinajstić information content (AvgIpc) is 2.73. The predicted molar refractivity (Wildman–Crippen MR) is 117 cm³/mol. The van der Waals surface area contributed by atoms with E-state index in [1.54, 1.807) is 37.4 Å². The molecule has 0 aliphatic heterocycles. The van der Waals surface area contributed by atoms with E-state index in [2.05, 4.69) is 26.4 Å². The third-order valence-corrected chi connectivity index (χ3v) is 5.73. The largest absolute Gasteiger partial charge is 0.496 e. The molecule has 29 heavy (non-hydrogen) atoms. The minimum Gasteiger partial charge on any atom is -0.496 e. The fourth-order valence-corrected chi connectivity index (χ4v) is 3.76. The zero-order valence-corrected chi connectivity index (χ0v) is 18.1. The molecule has 2 rings (SSSR count). The van der Waals surface area contributed by atoms with E-state index < -0.39 is 10.0 Å². The van der Waals surface area contributed by atoms with Gasteiger partial charge in [0.1, 0.15) is 5.75 Å². The van der Waals surface area contributed by atoms with Gasteiger partial charge >= 0.3 is 0 Å². The van der Waals surface area contributed by atoms with E-state index in [1.165, 1.54) is 5.56 Å². The molecule has 0 fully saturated rings. The number of guanidine groups is 1. The predicted octanol–water partition coefficient (Wildman–Crippen LogP) is 2.08. The lowest BCUT2D eigenvalue weighted by atomic mass is 10.1. The van der Waals surface area contributed by atoms with Crippen LogP contribution in [0.1, 0.15) is 18.1 Å². The molecule has 7 nitrogen and oxygen atoms in total. The Labute approximate surface area is 173 Å². The second kappa shape index (κ2) is 11.4. The van der Waals surface area contributed by atoms with Gasteiger partial charge < -0.3 is 15.4 Å². The number of sulfonamides is 1. The molecule has 0 saturated carbocycles. The van der Waals surface area contributed by atoms with Crippen molar-refractivity contribution in [2.45, 2.75) is 25.2 Å². The van der Waals surface area contributed by atoms with Crippen molar-refractivity contribution in [2.75, 3.05) is 33.3 Å². The van der Waals surface area contributed by atoms with Gasteiger partial charge in [0.2, 0.25) is 10.0 Å². The maximum atomic E-state index is 12.2. The van der Waals surface area contributed by atoms with Crippen LogP contribution in [-0.4, -0.2) is 47.7 Å². The first-order valence-electron chi connectivity index (χ1n) is 9.66. The second-order valence-electron chi connectivity index (χ2n) is 6.45. The molecule has 3 N–H and O–H groups in total. The number of nitrogens with one attached hydrogen (secondary N) is 3. The van der Waals surface area contributed by atoms with Gasteiger partial charge in [0.05, 0.1) is 18.6 Å². The monoisotopic (exact) mass is 418 g/mol. The van der Waals surface area contributed by atoms with Gasteiger partial charge in [-0.3, -0.25) is 4.99 Å². The summed E-state index contributed by atoms with van der Waals surface area (Å²) in [6.45, 7) is 5.99. The van der Waals surface area contributed by atoms with E-state index in [-0.39, 0.29) is 11.4 Å². The van der Waals surface area contributed by atoms with Crippen LogP contribution in [-0.2, 0) is 16.4 Å². The molecule has 2 aromatic rings. The number of rotatable bonds is 10. The molecule has 0 aromatic heterocycles. The Morgan fingerprint density at radius 3 is 2.52 bits per heavy atom. The highest BCUT2D eigenvalue weighted by Crippen LogP contribution is 2.18. The zero-order valence-electron chi connectivity index (χ0n) is 17.2. The van der Waals surface area contributed by atoms with Gasteiger partial charge in [0, 0.05) is 19.6 Å². The highest BCUT2D eigenvalue weighted by atomic mass is 32.2. The summed E-state index contributed by atoms with van der Waals surface area (Å²) in [6, 6.07) is 14.5. The molecule has 0 radical (unpaired) electrons. The number of nitrogens with zero attached hydrogens (tertiary/aromatic N) is 1. The van der Waals surface area contributed by atoms with Gasteiger partial charge in [0.25, 0.3) is 0 Å².